The molecule has 0 aliphatic carbocycles. The van der Waals surface area contributed by atoms with Gasteiger partial charge in [0, 0.05) is 18.8 Å². The third kappa shape index (κ3) is 4.78. The quantitative estimate of drug-likeness (QED) is 0.659. The van der Waals surface area contributed by atoms with Gasteiger partial charge in [0.25, 0.3) is 0 Å². The predicted octanol–water partition coefficient (Wildman–Crippen LogP) is 2.97. The molecule has 80 valence electrons. The van der Waals surface area contributed by atoms with Crippen LogP contribution in [0.15, 0.2) is 24.3 Å². The Labute approximate surface area is 106 Å². The Kier molecular flexibility index (Phi) is 7.65. The molecule has 0 atom stereocenters. The van der Waals surface area contributed by atoms with Crippen LogP contribution in [-0.2, 0) is 0 Å². The van der Waals surface area contributed by atoms with E-state index in [0.717, 1.165) is 13.1 Å². The molecular weight excluding hydrogens is 177 g/mol. The summed E-state index contributed by atoms with van der Waals surface area (Å²) in [6.07, 6.45) is 2.43. The molecule has 0 amide bonds. The fourth-order valence-corrected chi connectivity index (χ4v) is 1.73. The topological polar surface area (TPSA) is 3.24 Å². The van der Waals surface area contributed by atoms with Crippen molar-refractivity contribution >= 4 is 24.5 Å². The Morgan fingerprint density at radius 2 is 1.67 bits per heavy atom. The SMILES string of the molecule is CCCN(CCC)c1cccc(C)c1.[LiH]. The molecule has 0 aliphatic rings. The van der Waals surface area contributed by atoms with E-state index in [1.54, 1.807) is 0 Å². The maximum absolute atomic E-state index is 2.47. The maximum atomic E-state index is 2.47. The van der Waals surface area contributed by atoms with Crippen molar-refractivity contribution in [3.05, 3.63) is 29.8 Å². The van der Waals surface area contributed by atoms with Crippen molar-refractivity contribution < 1.29 is 0 Å². The molecule has 0 unspecified atom stereocenters. The van der Waals surface area contributed by atoms with Crippen LogP contribution in [0.4, 0.5) is 5.69 Å². The summed E-state index contributed by atoms with van der Waals surface area (Å²) >= 11 is 0. The average Bonchev–Trinajstić information content (AvgIpc) is 2.17. The molecule has 0 bridgehead atoms. The molecule has 15 heavy (non-hydrogen) atoms. The summed E-state index contributed by atoms with van der Waals surface area (Å²) in [4.78, 5) is 2.47. The van der Waals surface area contributed by atoms with Gasteiger partial charge in [0.1, 0.15) is 0 Å². The van der Waals surface area contributed by atoms with Crippen LogP contribution in [0.1, 0.15) is 32.3 Å². The molecule has 0 heterocycles. The summed E-state index contributed by atoms with van der Waals surface area (Å²) in [5.41, 5.74) is 2.72. The van der Waals surface area contributed by atoms with Gasteiger partial charge in [-0.2, -0.15) is 0 Å². The average molecular weight is 199 g/mol. The number of nitrogens with zero attached hydrogens (tertiary/aromatic N) is 1. The standard InChI is InChI=1S/C13H21N.Li.H/c1-4-9-14(10-5-2)13-8-6-7-12(3)11-13;;/h6-8,11H,4-5,9-10H2,1-3H3;;. The van der Waals surface area contributed by atoms with Gasteiger partial charge in [-0.15, -0.1) is 0 Å². The van der Waals surface area contributed by atoms with Crippen LogP contribution in [0.25, 0.3) is 0 Å². The van der Waals surface area contributed by atoms with E-state index in [2.05, 4.69) is 49.9 Å². The van der Waals surface area contributed by atoms with Crippen molar-refractivity contribution in [2.45, 2.75) is 33.6 Å². The second-order valence-electron chi connectivity index (χ2n) is 3.83. The number of hydrogen-bond donors (Lipinski definition) is 0. The molecule has 0 aliphatic heterocycles. The van der Waals surface area contributed by atoms with Gasteiger partial charge < -0.3 is 4.90 Å². The molecule has 0 spiro atoms. The Morgan fingerprint density at radius 3 is 2.13 bits per heavy atom. The molecule has 0 saturated carbocycles. The number of benzene rings is 1. The second kappa shape index (κ2) is 7.85. The molecule has 1 rings (SSSR count). The van der Waals surface area contributed by atoms with Crippen LogP contribution < -0.4 is 4.90 Å². The normalized spacial score (nSPS) is 9.53. The molecule has 0 aromatic heterocycles. The summed E-state index contributed by atoms with van der Waals surface area (Å²) in [5, 5.41) is 0. The molecule has 1 aromatic carbocycles. The fraction of sp³-hybridized carbons (Fsp3) is 0.538. The van der Waals surface area contributed by atoms with Crippen LogP contribution in [0, 0.1) is 6.92 Å². The summed E-state index contributed by atoms with van der Waals surface area (Å²) in [5.74, 6) is 0. The first-order valence-corrected chi connectivity index (χ1v) is 5.59. The van der Waals surface area contributed by atoms with E-state index in [4.69, 9.17) is 0 Å². The van der Waals surface area contributed by atoms with E-state index in [-0.39, 0.29) is 18.9 Å². The molecule has 2 heteroatoms. The van der Waals surface area contributed by atoms with E-state index in [1.165, 1.54) is 24.1 Å². The Morgan fingerprint density at radius 1 is 1.07 bits per heavy atom. The minimum absolute atomic E-state index is 0. The van der Waals surface area contributed by atoms with Gasteiger partial charge >= 0.3 is 18.9 Å². The Bertz CT molecular complexity index is 267. The third-order valence-electron chi connectivity index (χ3n) is 2.35. The van der Waals surface area contributed by atoms with Gasteiger partial charge in [-0.05, 0) is 37.5 Å². The molecular formula is C13H22LiN. The zero-order chi connectivity index (χ0) is 10.4. The van der Waals surface area contributed by atoms with Crippen molar-refractivity contribution in [1.82, 2.24) is 0 Å². The molecule has 0 radical (unpaired) electrons. The summed E-state index contributed by atoms with van der Waals surface area (Å²) in [6.45, 7) is 8.95. The van der Waals surface area contributed by atoms with E-state index < -0.39 is 0 Å². The van der Waals surface area contributed by atoms with Crippen molar-refractivity contribution in [2.24, 2.45) is 0 Å². The summed E-state index contributed by atoms with van der Waals surface area (Å²) in [7, 11) is 0. The Balaban J connectivity index is 0.00000196. The number of hydrogen-bond acceptors (Lipinski definition) is 1. The van der Waals surface area contributed by atoms with Crippen LogP contribution in [0.3, 0.4) is 0 Å². The van der Waals surface area contributed by atoms with Gasteiger partial charge in [0.15, 0.2) is 0 Å². The van der Waals surface area contributed by atoms with Crippen molar-refractivity contribution in [2.75, 3.05) is 18.0 Å². The zero-order valence-electron chi connectivity index (χ0n) is 9.59. The Hall–Kier alpha value is -0.383. The van der Waals surface area contributed by atoms with Crippen LogP contribution in [0.5, 0.6) is 0 Å². The third-order valence-corrected chi connectivity index (χ3v) is 2.35. The van der Waals surface area contributed by atoms with Crippen molar-refractivity contribution in [3.8, 4) is 0 Å². The van der Waals surface area contributed by atoms with Gasteiger partial charge in [-0.1, -0.05) is 26.0 Å². The van der Waals surface area contributed by atoms with E-state index >= 15 is 0 Å². The first-order chi connectivity index (χ1) is 6.77. The minimum atomic E-state index is 0. The van der Waals surface area contributed by atoms with E-state index in [9.17, 15) is 0 Å². The van der Waals surface area contributed by atoms with Gasteiger partial charge in [-0.3, -0.25) is 0 Å². The summed E-state index contributed by atoms with van der Waals surface area (Å²) in [6, 6.07) is 8.77. The molecule has 1 aromatic rings. The summed E-state index contributed by atoms with van der Waals surface area (Å²) < 4.78 is 0. The zero-order valence-corrected chi connectivity index (χ0v) is 9.59. The van der Waals surface area contributed by atoms with Crippen molar-refractivity contribution in [1.29, 1.82) is 0 Å². The van der Waals surface area contributed by atoms with E-state index in [1.807, 2.05) is 0 Å². The van der Waals surface area contributed by atoms with Crippen LogP contribution >= 0.6 is 0 Å². The fourth-order valence-electron chi connectivity index (χ4n) is 1.73. The predicted molar refractivity (Wildman–Crippen MR) is 71.1 cm³/mol. The van der Waals surface area contributed by atoms with Crippen molar-refractivity contribution in [3.63, 3.8) is 0 Å². The monoisotopic (exact) mass is 199 g/mol. The second-order valence-corrected chi connectivity index (χ2v) is 3.83. The van der Waals surface area contributed by atoms with Crippen LogP contribution in [0.2, 0.25) is 0 Å². The van der Waals surface area contributed by atoms with Crippen LogP contribution in [-0.4, -0.2) is 32.0 Å². The number of anilines is 1. The molecule has 0 fully saturated rings. The molecule has 0 saturated heterocycles. The van der Waals surface area contributed by atoms with E-state index in [0.29, 0.717) is 0 Å². The molecule has 1 nitrogen and oxygen atoms in total. The van der Waals surface area contributed by atoms with Gasteiger partial charge in [0.2, 0.25) is 0 Å². The van der Waals surface area contributed by atoms with Gasteiger partial charge in [-0.25, -0.2) is 0 Å². The van der Waals surface area contributed by atoms with Gasteiger partial charge in [0.05, 0.1) is 0 Å². The first-order valence-electron chi connectivity index (χ1n) is 5.59. The first kappa shape index (κ1) is 14.6. The number of aryl methyl sites for hydroxylation is 1. The number of rotatable bonds is 5. The molecule has 0 N–H and O–H groups in total.